The van der Waals surface area contributed by atoms with Gasteiger partial charge in [-0.25, -0.2) is 4.98 Å². The van der Waals surface area contributed by atoms with Crippen molar-refractivity contribution >= 4 is 5.95 Å². The third-order valence-electron chi connectivity index (χ3n) is 2.31. The molecule has 2 N–H and O–H groups in total. The van der Waals surface area contributed by atoms with Gasteiger partial charge in [-0.15, -0.1) is 0 Å². The predicted octanol–water partition coefficient (Wildman–Crippen LogP) is 0.287. The molecule has 0 aliphatic carbocycles. The maximum atomic E-state index is 5.52. The van der Waals surface area contributed by atoms with Gasteiger partial charge in [-0.3, -0.25) is 0 Å². The Morgan fingerprint density at radius 2 is 2.18 bits per heavy atom. The zero-order chi connectivity index (χ0) is 12.5. The molecular weight excluding hydrogens is 220 g/mol. The van der Waals surface area contributed by atoms with Crippen LogP contribution in [0.25, 0.3) is 0 Å². The number of aromatic nitrogens is 2. The molecule has 17 heavy (non-hydrogen) atoms. The summed E-state index contributed by atoms with van der Waals surface area (Å²) in [6.45, 7) is 2.83. The summed E-state index contributed by atoms with van der Waals surface area (Å²) in [6.07, 6.45) is 2.58. The number of hydrogen-bond acceptors (Lipinski definition) is 6. The molecule has 0 saturated heterocycles. The fourth-order valence-corrected chi connectivity index (χ4v) is 1.39. The van der Waals surface area contributed by atoms with E-state index in [9.17, 15) is 0 Å². The van der Waals surface area contributed by atoms with E-state index in [2.05, 4.69) is 9.97 Å². The summed E-state index contributed by atoms with van der Waals surface area (Å²) in [5.41, 5.74) is 5.52. The predicted molar refractivity (Wildman–Crippen MR) is 66.3 cm³/mol. The average molecular weight is 240 g/mol. The van der Waals surface area contributed by atoms with Crippen LogP contribution in [0.3, 0.4) is 0 Å². The van der Waals surface area contributed by atoms with Crippen molar-refractivity contribution in [2.45, 2.75) is 6.42 Å². The molecule has 0 aliphatic heterocycles. The van der Waals surface area contributed by atoms with E-state index in [4.69, 9.17) is 15.2 Å². The molecule has 0 bridgehead atoms. The van der Waals surface area contributed by atoms with Crippen molar-refractivity contribution in [1.29, 1.82) is 0 Å². The number of hydrogen-bond donors (Lipinski definition) is 1. The third kappa shape index (κ3) is 4.54. The zero-order valence-electron chi connectivity index (χ0n) is 10.4. The van der Waals surface area contributed by atoms with Crippen molar-refractivity contribution in [3.8, 4) is 5.88 Å². The summed E-state index contributed by atoms with van der Waals surface area (Å²) in [5.74, 6) is 1.21. The first-order valence-electron chi connectivity index (χ1n) is 5.62. The van der Waals surface area contributed by atoms with E-state index in [-0.39, 0.29) is 0 Å². The second-order valence-corrected chi connectivity index (χ2v) is 3.52. The van der Waals surface area contributed by atoms with Crippen molar-refractivity contribution in [2.24, 2.45) is 5.73 Å². The van der Waals surface area contributed by atoms with Gasteiger partial charge in [-0.2, -0.15) is 4.98 Å². The molecule has 6 heteroatoms. The molecule has 6 nitrogen and oxygen atoms in total. The number of nitrogens with two attached hydrogens (primary N) is 1. The van der Waals surface area contributed by atoms with Crippen molar-refractivity contribution < 1.29 is 9.47 Å². The zero-order valence-corrected chi connectivity index (χ0v) is 10.4. The normalized spacial score (nSPS) is 10.3. The highest BCUT2D eigenvalue weighted by Gasteiger charge is 2.09. The van der Waals surface area contributed by atoms with Gasteiger partial charge in [-0.05, 0) is 13.0 Å². The van der Waals surface area contributed by atoms with Gasteiger partial charge >= 0.3 is 0 Å². The number of ether oxygens (including phenoxy) is 2. The first-order chi connectivity index (χ1) is 8.31. The standard InChI is InChI=1S/C11H20N4O2/c1-16-9-8-15(7-3-5-12)11-13-6-4-10(14-11)17-2/h4,6H,3,5,7-9,12H2,1-2H3. The van der Waals surface area contributed by atoms with Gasteiger partial charge in [0.2, 0.25) is 11.8 Å². The van der Waals surface area contributed by atoms with Gasteiger partial charge in [0, 0.05) is 32.5 Å². The van der Waals surface area contributed by atoms with Crippen LogP contribution in [0.15, 0.2) is 12.3 Å². The van der Waals surface area contributed by atoms with Crippen LogP contribution >= 0.6 is 0 Å². The molecule has 0 radical (unpaired) electrons. The Kier molecular flexibility index (Phi) is 6.27. The molecule has 1 aromatic heterocycles. The van der Waals surface area contributed by atoms with Gasteiger partial charge in [0.1, 0.15) is 0 Å². The average Bonchev–Trinajstić information content (AvgIpc) is 2.39. The Morgan fingerprint density at radius 3 is 2.82 bits per heavy atom. The number of nitrogens with zero attached hydrogens (tertiary/aromatic N) is 3. The molecule has 0 amide bonds. The second-order valence-electron chi connectivity index (χ2n) is 3.52. The molecule has 0 aliphatic rings. The smallest absolute Gasteiger partial charge is 0.228 e. The van der Waals surface area contributed by atoms with Crippen LogP contribution in [0.5, 0.6) is 5.88 Å². The monoisotopic (exact) mass is 240 g/mol. The summed E-state index contributed by atoms with van der Waals surface area (Å²) in [7, 11) is 3.26. The van der Waals surface area contributed by atoms with E-state index in [1.807, 2.05) is 4.90 Å². The highest BCUT2D eigenvalue weighted by Crippen LogP contribution is 2.12. The van der Waals surface area contributed by atoms with Crippen LogP contribution in [0.2, 0.25) is 0 Å². The lowest BCUT2D eigenvalue weighted by molar-refractivity contribution is 0.204. The summed E-state index contributed by atoms with van der Waals surface area (Å²) in [5, 5.41) is 0. The number of rotatable bonds is 8. The van der Waals surface area contributed by atoms with E-state index in [0.29, 0.717) is 25.0 Å². The van der Waals surface area contributed by atoms with E-state index in [1.165, 1.54) is 0 Å². The summed E-state index contributed by atoms with van der Waals surface area (Å²) < 4.78 is 10.2. The van der Waals surface area contributed by atoms with E-state index in [1.54, 1.807) is 26.5 Å². The van der Waals surface area contributed by atoms with Crippen molar-refractivity contribution in [3.05, 3.63) is 12.3 Å². The first-order valence-corrected chi connectivity index (χ1v) is 5.62. The number of methoxy groups -OCH3 is 2. The largest absolute Gasteiger partial charge is 0.481 e. The molecule has 1 aromatic rings. The Bertz CT molecular complexity index is 314. The lowest BCUT2D eigenvalue weighted by Gasteiger charge is -2.22. The van der Waals surface area contributed by atoms with Crippen LogP contribution in [0.4, 0.5) is 5.95 Å². The molecule has 1 rings (SSSR count). The number of anilines is 1. The molecule has 0 aromatic carbocycles. The van der Waals surface area contributed by atoms with Crippen molar-refractivity contribution in [2.75, 3.05) is 45.4 Å². The van der Waals surface area contributed by atoms with Gasteiger partial charge in [0.05, 0.1) is 13.7 Å². The van der Waals surface area contributed by atoms with Crippen molar-refractivity contribution in [1.82, 2.24) is 9.97 Å². The van der Waals surface area contributed by atoms with Crippen molar-refractivity contribution in [3.63, 3.8) is 0 Å². The van der Waals surface area contributed by atoms with E-state index < -0.39 is 0 Å². The van der Waals surface area contributed by atoms with Gasteiger partial charge in [-0.1, -0.05) is 0 Å². The molecule has 96 valence electrons. The topological polar surface area (TPSA) is 73.5 Å². The molecule has 0 fully saturated rings. The fourth-order valence-electron chi connectivity index (χ4n) is 1.39. The molecule has 0 spiro atoms. The van der Waals surface area contributed by atoms with Gasteiger partial charge < -0.3 is 20.1 Å². The highest BCUT2D eigenvalue weighted by molar-refractivity contribution is 5.31. The molecular formula is C11H20N4O2. The lowest BCUT2D eigenvalue weighted by Crippen LogP contribution is -2.31. The minimum atomic E-state index is 0.560. The minimum absolute atomic E-state index is 0.560. The van der Waals surface area contributed by atoms with Gasteiger partial charge in [0.25, 0.3) is 0 Å². The maximum Gasteiger partial charge on any atom is 0.228 e. The molecule has 0 atom stereocenters. The summed E-state index contributed by atoms with van der Waals surface area (Å²) in [4.78, 5) is 10.6. The van der Waals surface area contributed by atoms with Crippen LogP contribution in [-0.2, 0) is 4.74 Å². The Morgan fingerprint density at radius 1 is 1.35 bits per heavy atom. The first kappa shape index (κ1) is 13.7. The van der Waals surface area contributed by atoms with E-state index >= 15 is 0 Å². The Labute approximate surface area is 102 Å². The third-order valence-corrected chi connectivity index (χ3v) is 2.31. The van der Waals surface area contributed by atoms with E-state index in [0.717, 1.165) is 19.5 Å². The highest BCUT2D eigenvalue weighted by atomic mass is 16.5. The fraction of sp³-hybridized carbons (Fsp3) is 0.636. The van der Waals surface area contributed by atoms with Crippen LogP contribution in [0.1, 0.15) is 6.42 Å². The second kappa shape index (κ2) is 7.81. The Balaban J connectivity index is 2.71. The summed E-state index contributed by atoms with van der Waals surface area (Å²) in [6, 6.07) is 1.72. The SMILES string of the molecule is COCCN(CCCN)c1nccc(OC)n1. The molecule has 1 heterocycles. The van der Waals surface area contributed by atoms with Crippen LogP contribution in [-0.4, -0.2) is 50.4 Å². The van der Waals surface area contributed by atoms with Gasteiger partial charge in [0.15, 0.2) is 0 Å². The molecule has 0 saturated carbocycles. The Hall–Kier alpha value is -1.40. The lowest BCUT2D eigenvalue weighted by atomic mass is 10.4. The van der Waals surface area contributed by atoms with Crippen LogP contribution < -0.4 is 15.4 Å². The molecule has 0 unspecified atom stereocenters. The quantitative estimate of drug-likeness (QED) is 0.704. The summed E-state index contributed by atoms with van der Waals surface area (Å²) >= 11 is 0. The maximum absolute atomic E-state index is 5.52. The minimum Gasteiger partial charge on any atom is -0.481 e. The van der Waals surface area contributed by atoms with Crippen LogP contribution in [0, 0.1) is 0 Å².